The van der Waals surface area contributed by atoms with E-state index in [0.717, 1.165) is 31.1 Å². The van der Waals surface area contributed by atoms with Crippen molar-refractivity contribution in [3.8, 4) is 0 Å². The summed E-state index contributed by atoms with van der Waals surface area (Å²) in [6.45, 7) is 8.51. The minimum atomic E-state index is 0.219. The third kappa shape index (κ3) is 27.4. The van der Waals surface area contributed by atoms with E-state index in [1.165, 1.54) is 36.2 Å². The van der Waals surface area contributed by atoms with Crippen LogP contribution >= 0.6 is 0 Å². The second-order valence-corrected chi connectivity index (χ2v) is 6.47. The summed E-state index contributed by atoms with van der Waals surface area (Å²) < 4.78 is 0. The first-order valence-electron chi connectivity index (χ1n) is 9.55. The largest absolute Gasteiger partial charge is 0.395 e. The smallest absolute Gasteiger partial charge is 0.209 e. The van der Waals surface area contributed by atoms with Crippen LogP contribution in [0.15, 0.2) is 23.3 Å². The summed E-state index contributed by atoms with van der Waals surface area (Å²) in [5, 5.41) is 11.1. The van der Waals surface area contributed by atoms with Crippen molar-refractivity contribution in [3.05, 3.63) is 23.3 Å². The fourth-order valence-corrected chi connectivity index (χ4v) is 1.66. The number of hydrogen-bond donors (Lipinski definition) is 2. The molecular formula is C21H42N2O3. The van der Waals surface area contributed by atoms with Crippen molar-refractivity contribution in [2.75, 3.05) is 27.7 Å². The molecule has 5 heteroatoms. The van der Waals surface area contributed by atoms with Gasteiger partial charge in [-0.1, -0.05) is 50.8 Å². The zero-order chi connectivity index (χ0) is 20.8. The molecule has 0 aromatic rings. The fraction of sp³-hybridized carbons (Fsp3) is 0.714. The lowest BCUT2D eigenvalue weighted by Crippen LogP contribution is -2.24. The van der Waals surface area contributed by atoms with Crippen LogP contribution < -0.4 is 5.32 Å². The maximum absolute atomic E-state index is 10.7. The van der Waals surface area contributed by atoms with E-state index in [2.05, 4.69) is 19.2 Å². The van der Waals surface area contributed by atoms with Gasteiger partial charge < -0.3 is 15.3 Å². The van der Waals surface area contributed by atoms with E-state index in [4.69, 9.17) is 5.11 Å². The second-order valence-electron chi connectivity index (χ2n) is 6.47. The number of aliphatic hydroxyl groups is 1. The van der Waals surface area contributed by atoms with Gasteiger partial charge in [0.15, 0.2) is 0 Å². The Hall–Kier alpha value is -1.46. The fourth-order valence-electron chi connectivity index (χ4n) is 1.66. The van der Waals surface area contributed by atoms with Crippen LogP contribution in [0, 0.1) is 0 Å². The molecule has 0 fully saturated rings. The second kappa shape index (κ2) is 23.5. The van der Waals surface area contributed by atoms with Gasteiger partial charge in [0, 0.05) is 25.7 Å². The molecule has 1 amide bonds. The van der Waals surface area contributed by atoms with Crippen molar-refractivity contribution in [2.24, 2.45) is 0 Å². The number of carbonyl (C=O) groups excluding carboxylic acids is 2. The Kier molecular flexibility index (Phi) is 26.5. The summed E-state index contributed by atoms with van der Waals surface area (Å²) in [7, 11) is 5.20. The number of likely N-dealkylation sites (N-methyl/N-ethyl adjacent to an activating group) is 1. The first-order chi connectivity index (χ1) is 12.3. The Balaban J connectivity index is -0.000000394. The summed E-state index contributed by atoms with van der Waals surface area (Å²) in [5.74, 6) is 0. The van der Waals surface area contributed by atoms with Gasteiger partial charge in [0.25, 0.3) is 0 Å². The molecule has 1 unspecified atom stereocenters. The summed E-state index contributed by atoms with van der Waals surface area (Å²) in [5.41, 5.74) is 2.14. The average Bonchev–Trinajstić information content (AvgIpc) is 2.65. The molecule has 0 saturated carbocycles. The molecule has 0 aromatic carbocycles. The highest BCUT2D eigenvalue weighted by Crippen LogP contribution is 2.11. The third-order valence-electron chi connectivity index (χ3n) is 3.39. The first-order valence-corrected chi connectivity index (χ1v) is 9.55. The SMILES string of the molecule is CC/C=C(C=O)\C=C(/C)CCCCCC.CN(C)C=O.CNC(C)CO. The number of rotatable bonds is 11. The molecule has 154 valence electrons. The molecule has 0 bridgehead atoms. The molecule has 2 N–H and O–H groups in total. The number of aliphatic hydroxyl groups excluding tert-OH is 1. The van der Waals surface area contributed by atoms with Gasteiger partial charge in [-0.25, -0.2) is 0 Å². The maximum Gasteiger partial charge on any atom is 0.209 e. The molecule has 5 nitrogen and oxygen atoms in total. The molecule has 0 radical (unpaired) electrons. The molecule has 0 spiro atoms. The van der Waals surface area contributed by atoms with Gasteiger partial charge in [0.2, 0.25) is 6.41 Å². The Bertz CT molecular complexity index is 373. The standard InChI is InChI=1S/C14H24O.C4H11NO.C3H7NO/c1-4-6-7-8-10-13(3)11-14(12-15)9-5-2;1-4(3-6)5-2;1-4(2)3-5/h9,11-12H,4-8,10H2,1-3H3;4-6H,3H2,1-2H3;3H,1-2H3/b13-11+,14-9+;;. The molecular weight excluding hydrogens is 328 g/mol. The predicted molar refractivity (Wildman–Crippen MR) is 112 cm³/mol. The molecule has 0 saturated heterocycles. The van der Waals surface area contributed by atoms with Gasteiger partial charge in [0.1, 0.15) is 6.29 Å². The topological polar surface area (TPSA) is 69.6 Å². The van der Waals surface area contributed by atoms with Crippen molar-refractivity contribution in [2.45, 2.75) is 72.3 Å². The summed E-state index contributed by atoms with van der Waals surface area (Å²) in [6.07, 6.45) is 12.9. The molecule has 0 rings (SSSR count). The minimum Gasteiger partial charge on any atom is -0.395 e. The van der Waals surface area contributed by atoms with Crippen LogP contribution in [-0.2, 0) is 9.59 Å². The number of nitrogens with zero attached hydrogens (tertiary/aromatic N) is 1. The Labute approximate surface area is 161 Å². The van der Waals surface area contributed by atoms with Crippen molar-refractivity contribution in [1.82, 2.24) is 10.2 Å². The van der Waals surface area contributed by atoms with Gasteiger partial charge in [0.05, 0.1) is 6.61 Å². The van der Waals surface area contributed by atoms with Gasteiger partial charge >= 0.3 is 0 Å². The van der Waals surface area contributed by atoms with Gasteiger partial charge in [-0.05, 0) is 40.2 Å². The number of allylic oxidation sites excluding steroid dienone is 4. The van der Waals surface area contributed by atoms with Crippen LogP contribution in [0.1, 0.15) is 66.2 Å². The molecule has 1 atom stereocenters. The van der Waals surface area contributed by atoms with Crippen molar-refractivity contribution < 1.29 is 14.7 Å². The number of unbranched alkanes of at least 4 members (excludes halogenated alkanes) is 3. The highest BCUT2D eigenvalue weighted by molar-refractivity contribution is 5.77. The maximum atomic E-state index is 10.7. The molecule has 0 aliphatic heterocycles. The molecule has 0 aliphatic rings. The van der Waals surface area contributed by atoms with E-state index in [-0.39, 0.29) is 12.6 Å². The number of aldehydes is 1. The lowest BCUT2D eigenvalue weighted by Gasteiger charge is -2.01. The Morgan fingerprint density at radius 1 is 1.15 bits per heavy atom. The number of nitrogens with one attached hydrogen (secondary N) is 1. The van der Waals surface area contributed by atoms with E-state index >= 15 is 0 Å². The zero-order valence-corrected chi connectivity index (χ0v) is 18.0. The molecule has 0 aromatic heterocycles. The Morgan fingerprint density at radius 2 is 1.73 bits per heavy atom. The van der Waals surface area contributed by atoms with E-state index in [1.54, 1.807) is 14.1 Å². The van der Waals surface area contributed by atoms with Gasteiger partial charge in [-0.3, -0.25) is 9.59 Å². The number of carbonyl (C=O) groups is 2. The van der Waals surface area contributed by atoms with E-state index < -0.39 is 0 Å². The first kappa shape index (κ1) is 29.3. The summed E-state index contributed by atoms with van der Waals surface area (Å²) in [6, 6.07) is 0.241. The lowest BCUT2D eigenvalue weighted by atomic mass is 10.1. The molecule has 0 aliphatic carbocycles. The van der Waals surface area contributed by atoms with Crippen molar-refractivity contribution in [3.63, 3.8) is 0 Å². The van der Waals surface area contributed by atoms with Crippen LogP contribution in [0.5, 0.6) is 0 Å². The lowest BCUT2D eigenvalue weighted by molar-refractivity contribution is -0.115. The van der Waals surface area contributed by atoms with Gasteiger partial charge in [-0.15, -0.1) is 0 Å². The predicted octanol–water partition coefficient (Wildman–Crippen LogP) is 3.73. The zero-order valence-electron chi connectivity index (χ0n) is 18.0. The van der Waals surface area contributed by atoms with Gasteiger partial charge in [-0.2, -0.15) is 0 Å². The number of amides is 1. The minimum absolute atomic E-state index is 0.219. The molecule has 26 heavy (non-hydrogen) atoms. The third-order valence-corrected chi connectivity index (χ3v) is 3.39. The van der Waals surface area contributed by atoms with E-state index in [9.17, 15) is 9.59 Å². The normalized spacial score (nSPS) is 12.2. The van der Waals surface area contributed by atoms with Crippen LogP contribution in [0.25, 0.3) is 0 Å². The average molecular weight is 371 g/mol. The quantitative estimate of drug-likeness (QED) is 0.252. The highest BCUT2D eigenvalue weighted by Gasteiger charge is 1.94. The van der Waals surface area contributed by atoms with Crippen LogP contribution in [0.3, 0.4) is 0 Å². The number of hydrogen-bond acceptors (Lipinski definition) is 4. The summed E-state index contributed by atoms with van der Waals surface area (Å²) >= 11 is 0. The monoisotopic (exact) mass is 370 g/mol. The summed E-state index contributed by atoms with van der Waals surface area (Å²) in [4.78, 5) is 21.6. The van der Waals surface area contributed by atoms with Crippen LogP contribution in [0.4, 0.5) is 0 Å². The highest BCUT2D eigenvalue weighted by atomic mass is 16.3. The van der Waals surface area contributed by atoms with E-state index in [0.29, 0.717) is 0 Å². The van der Waals surface area contributed by atoms with E-state index in [1.807, 2.05) is 33.0 Å². The van der Waals surface area contributed by atoms with Crippen LogP contribution in [0.2, 0.25) is 0 Å². The molecule has 0 heterocycles. The Morgan fingerprint density at radius 3 is 2.04 bits per heavy atom. The van der Waals surface area contributed by atoms with Crippen molar-refractivity contribution >= 4 is 12.7 Å². The van der Waals surface area contributed by atoms with Crippen molar-refractivity contribution in [1.29, 1.82) is 0 Å². The van der Waals surface area contributed by atoms with Crippen LogP contribution in [-0.4, -0.2) is 56.5 Å².